The summed E-state index contributed by atoms with van der Waals surface area (Å²) < 4.78 is 19.7. The molecule has 0 radical (unpaired) electrons. The molecule has 1 heterocycles. The number of ether oxygens (including phenoxy) is 1. The second-order valence-corrected chi connectivity index (χ2v) is 4.58. The Labute approximate surface area is 108 Å². The van der Waals surface area contributed by atoms with Crippen LogP contribution in [0.4, 0.5) is 4.39 Å². The zero-order valence-electron chi connectivity index (χ0n) is 9.50. The third-order valence-electron chi connectivity index (χ3n) is 2.36. The summed E-state index contributed by atoms with van der Waals surface area (Å²) in [5.74, 6) is 0.618. The average Bonchev–Trinajstić information content (AvgIpc) is 2.29. The van der Waals surface area contributed by atoms with Crippen LogP contribution in [0, 0.1) is 19.7 Å². The lowest BCUT2D eigenvalue weighted by atomic mass is 10.2. The average molecular weight is 296 g/mol. The maximum Gasteiger partial charge on any atom is 0.219 e. The van der Waals surface area contributed by atoms with Crippen LogP contribution >= 0.6 is 15.9 Å². The predicted molar refractivity (Wildman–Crippen MR) is 67.9 cm³/mol. The second-order valence-electron chi connectivity index (χ2n) is 3.73. The molecule has 0 aliphatic rings. The minimum absolute atomic E-state index is 0.281. The zero-order valence-corrected chi connectivity index (χ0v) is 11.1. The van der Waals surface area contributed by atoms with Gasteiger partial charge in [-0.25, -0.2) is 9.37 Å². The third kappa shape index (κ3) is 2.82. The molecule has 0 fully saturated rings. The van der Waals surface area contributed by atoms with Crippen LogP contribution in [0.15, 0.2) is 34.8 Å². The molecular weight excluding hydrogens is 285 g/mol. The highest BCUT2D eigenvalue weighted by atomic mass is 79.9. The number of hydrogen-bond acceptors (Lipinski definition) is 2. The van der Waals surface area contributed by atoms with Crippen molar-refractivity contribution in [3.63, 3.8) is 0 Å². The summed E-state index contributed by atoms with van der Waals surface area (Å²) in [5.41, 5.74) is 1.42. The van der Waals surface area contributed by atoms with Gasteiger partial charge in [0.1, 0.15) is 11.6 Å². The molecule has 4 heteroatoms. The molecule has 0 saturated carbocycles. The van der Waals surface area contributed by atoms with Gasteiger partial charge in [-0.1, -0.05) is 6.07 Å². The standard InChI is InChI=1S/C13H11BrFNO/c1-8-3-4-10(7-12(8)15)17-13-6-5-11(14)9(2)16-13/h3-7H,1-2H3. The molecule has 1 aromatic carbocycles. The number of nitrogens with zero attached hydrogens (tertiary/aromatic N) is 1. The van der Waals surface area contributed by atoms with Crippen molar-refractivity contribution < 1.29 is 9.13 Å². The molecule has 0 saturated heterocycles. The van der Waals surface area contributed by atoms with E-state index in [1.807, 2.05) is 13.0 Å². The molecule has 0 bridgehead atoms. The van der Waals surface area contributed by atoms with Gasteiger partial charge in [-0.15, -0.1) is 0 Å². The van der Waals surface area contributed by atoms with E-state index in [2.05, 4.69) is 20.9 Å². The number of rotatable bonds is 2. The molecule has 0 aliphatic carbocycles. The van der Waals surface area contributed by atoms with E-state index in [-0.39, 0.29) is 5.82 Å². The molecule has 88 valence electrons. The molecule has 2 aromatic rings. The van der Waals surface area contributed by atoms with Crippen LogP contribution in [-0.4, -0.2) is 4.98 Å². The zero-order chi connectivity index (χ0) is 12.4. The van der Waals surface area contributed by atoms with Gasteiger partial charge < -0.3 is 4.74 Å². The normalized spacial score (nSPS) is 10.4. The lowest BCUT2D eigenvalue weighted by molar-refractivity contribution is 0.456. The molecule has 1 aromatic heterocycles. The van der Waals surface area contributed by atoms with Gasteiger partial charge in [0.2, 0.25) is 5.88 Å². The van der Waals surface area contributed by atoms with E-state index < -0.39 is 0 Å². The van der Waals surface area contributed by atoms with Gasteiger partial charge in [-0.2, -0.15) is 0 Å². The van der Waals surface area contributed by atoms with Crippen molar-refractivity contribution in [3.05, 3.63) is 51.9 Å². The maximum atomic E-state index is 13.3. The Morgan fingerprint density at radius 1 is 1.18 bits per heavy atom. The molecule has 17 heavy (non-hydrogen) atoms. The third-order valence-corrected chi connectivity index (χ3v) is 3.20. The summed E-state index contributed by atoms with van der Waals surface area (Å²) >= 11 is 3.36. The van der Waals surface area contributed by atoms with Crippen LogP contribution < -0.4 is 4.74 Å². The minimum Gasteiger partial charge on any atom is -0.439 e. The highest BCUT2D eigenvalue weighted by Gasteiger charge is 2.04. The van der Waals surface area contributed by atoms with Gasteiger partial charge in [-0.3, -0.25) is 0 Å². The number of benzene rings is 1. The molecule has 2 nitrogen and oxygen atoms in total. The fraction of sp³-hybridized carbons (Fsp3) is 0.154. The van der Waals surface area contributed by atoms with E-state index in [1.54, 1.807) is 25.1 Å². The molecule has 0 atom stereocenters. The predicted octanol–water partition coefficient (Wildman–Crippen LogP) is 4.39. The number of hydrogen-bond donors (Lipinski definition) is 0. The summed E-state index contributed by atoms with van der Waals surface area (Å²) in [6.07, 6.45) is 0. The SMILES string of the molecule is Cc1ccc(Oc2ccc(Br)c(C)n2)cc1F. The largest absolute Gasteiger partial charge is 0.439 e. The van der Waals surface area contributed by atoms with Crippen LogP contribution in [0.1, 0.15) is 11.3 Å². The number of aryl methyl sites for hydroxylation is 2. The molecule has 0 amide bonds. The van der Waals surface area contributed by atoms with Crippen LogP contribution in [0.3, 0.4) is 0 Å². The van der Waals surface area contributed by atoms with Crippen molar-refractivity contribution in [2.75, 3.05) is 0 Å². The summed E-state index contributed by atoms with van der Waals surface area (Å²) in [6.45, 7) is 3.58. The molecule has 0 N–H and O–H groups in total. The van der Waals surface area contributed by atoms with E-state index >= 15 is 0 Å². The minimum atomic E-state index is -0.281. The first-order valence-electron chi connectivity index (χ1n) is 5.13. The van der Waals surface area contributed by atoms with Gasteiger partial charge in [0, 0.05) is 16.6 Å². The molecule has 0 aliphatic heterocycles. The summed E-state index contributed by atoms with van der Waals surface area (Å²) in [6, 6.07) is 8.33. The van der Waals surface area contributed by atoms with E-state index in [0.29, 0.717) is 17.2 Å². The first-order valence-corrected chi connectivity index (χ1v) is 5.93. The van der Waals surface area contributed by atoms with E-state index in [0.717, 1.165) is 10.2 Å². The smallest absolute Gasteiger partial charge is 0.219 e. The highest BCUT2D eigenvalue weighted by molar-refractivity contribution is 9.10. The van der Waals surface area contributed by atoms with Crippen LogP contribution in [-0.2, 0) is 0 Å². The highest BCUT2D eigenvalue weighted by Crippen LogP contribution is 2.24. The Bertz CT molecular complexity index is 508. The first-order chi connectivity index (χ1) is 8.06. The Balaban J connectivity index is 2.25. The Morgan fingerprint density at radius 2 is 1.94 bits per heavy atom. The number of aromatic nitrogens is 1. The second kappa shape index (κ2) is 4.84. The Kier molecular flexibility index (Phi) is 3.43. The lowest BCUT2D eigenvalue weighted by Gasteiger charge is -2.07. The van der Waals surface area contributed by atoms with Gasteiger partial charge in [0.25, 0.3) is 0 Å². The van der Waals surface area contributed by atoms with Crippen molar-refractivity contribution in [2.24, 2.45) is 0 Å². The summed E-state index contributed by atoms with van der Waals surface area (Å²) in [5, 5.41) is 0. The lowest BCUT2D eigenvalue weighted by Crippen LogP contribution is -1.92. The fourth-order valence-electron chi connectivity index (χ4n) is 1.34. The van der Waals surface area contributed by atoms with E-state index in [9.17, 15) is 4.39 Å². The Hall–Kier alpha value is -1.42. The fourth-order valence-corrected chi connectivity index (χ4v) is 1.56. The van der Waals surface area contributed by atoms with Gasteiger partial charge >= 0.3 is 0 Å². The van der Waals surface area contributed by atoms with Gasteiger partial charge in [-0.05, 0) is 47.5 Å². The number of halogens is 2. The van der Waals surface area contributed by atoms with Crippen molar-refractivity contribution >= 4 is 15.9 Å². The quantitative estimate of drug-likeness (QED) is 0.820. The van der Waals surface area contributed by atoms with E-state index in [1.165, 1.54) is 6.07 Å². The van der Waals surface area contributed by atoms with Gasteiger partial charge in [0.15, 0.2) is 0 Å². The number of pyridine rings is 1. The monoisotopic (exact) mass is 295 g/mol. The molecule has 0 spiro atoms. The Morgan fingerprint density at radius 3 is 2.59 bits per heavy atom. The molecular formula is C13H11BrFNO. The summed E-state index contributed by atoms with van der Waals surface area (Å²) in [4.78, 5) is 4.23. The van der Waals surface area contributed by atoms with Crippen LogP contribution in [0.2, 0.25) is 0 Å². The van der Waals surface area contributed by atoms with Crippen LogP contribution in [0.25, 0.3) is 0 Å². The maximum absolute atomic E-state index is 13.3. The van der Waals surface area contributed by atoms with Crippen molar-refractivity contribution in [1.29, 1.82) is 0 Å². The topological polar surface area (TPSA) is 22.1 Å². The summed E-state index contributed by atoms with van der Waals surface area (Å²) in [7, 11) is 0. The molecule has 2 rings (SSSR count). The molecule has 0 unspecified atom stereocenters. The van der Waals surface area contributed by atoms with Crippen molar-refractivity contribution in [3.8, 4) is 11.6 Å². The van der Waals surface area contributed by atoms with Gasteiger partial charge in [0.05, 0.1) is 5.69 Å². The van der Waals surface area contributed by atoms with Crippen LogP contribution in [0.5, 0.6) is 11.6 Å². The first kappa shape index (κ1) is 12.0. The van der Waals surface area contributed by atoms with Crippen molar-refractivity contribution in [1.82, 2.24) is 4.98 Å². The van der Waals surface area contributed by atoms with E-state index in [4.69, 9.17) is 4.74 Å². The van der Waals surface area contributed by atoms with Crippen molar-refractivity contribution in [2.45, 2.75) is 13.8 Å².